The van der Waals surface area contributed by atoms with Crippen LogP contribution in [0.1, 0.15) is 5.56 Å². The van der Waals surface area contributed by atoms with E-state index in [9.17, 15) is 18.0 Å². The van der Waals surface area contributed by atoms with Crippen LogP contribution < -0.4 is 20.1 Å². The van der Waals surface area contributed by atoms with Gasteiger partial charge in [0.05, 0.1) is 5.56 Å². The Morgan fingerprint density at radius 2 is 1.81 bits per heavy atom. The molecule has 144 valence electrons. The lowest BCUT2D eigenvalue weighted by atomic mass is 10.2. The highest BCUT2D eigenvalue weighted by atomic mass is 35.5. The van der Waals surface area contributed by atoms with E-state index in [0.29, 0.717) is 36.2 Å². The molecule has 1 aliphatic rings. The first-order valence-corrected chi connectivity index (χ1v) is 8.92. The molecular weight excluding hydrogens is 381 g/mol. The van der Waals surface area contributed by atoms with Crippen LogP contribution in [0.2, 0.25) is 5.02 Å². The molecule has 3 N–H and O–H groups in total. The smallest absolute Gasteiger partial charge is 0.321 e. The monoisotopic (exact) mass is 400 g/mol. The first-order chi connectivity index (χ1) is 12.8. The number of anilines is 2. The summed E-state index contributed by atoms with van der Waals surface area (Å²) in [5.74, 6) is 0.564. The normalized spacial score (nSPS) is 15.6. The van der Waals surface area contributed by atoms with E-state index in [0.717, 1.165) is 30.3 Å². The molecule has 0 saturated carbocycles. The second-order valence-corrected chi connectivity index (χ2v) is 6.87. The summed E-state index contributed by atoms with van der Waals surface area (Å²) in [5, 5.41) is 3.44. The molecule has 0 aliphatic carbocycles. The maximum atomic E-state index is 12.6. The Morgan fingerprint density at radius 1 is 1.15 bits per heavy atom. The molecule has 0 atom stereocenters. The van der Waals surface area contributed by atoms with E-state index in [2.05, 4.69) is 10.3 Å². The van der Waals surface area contributed by atoms with Crippen molar-refractivity contribution in [2.45, 2.75) is 6.18 Å². The van der Waals surface area contributed by atoms with Gasteiger partial charge in [0.15, 0.2) is 6.54 Å². The second-order valence-electron chi connectivity index (χ2n) is 6.43. The number of quaternary nitrogens is 1. The van der Waals surface area contributed by atoms with Gasteiger partial charge in [-0.25, -0.2) is 4.98 Å². The van der Waals surface area contributed by atoms with Crippen LogP contribution >= 0.6 is 11.6 Å². The number of carbonyl (C=O) groups is 1. The molecule has 1 aromatic heterocycles. The zero-order chi connectivity index (χ0) is 19.4. The van der Waals surface area contributed by atoms with Gasteiger partial charge in [-0.2, -0.15) is 13.2 Å². The molecule has 1 fully saturated rings. The third-order valence-corrected chi connectivity index (χ3v) is 4.73. The highest BCUT2D eigenvalue weighted by molar-refractivity contribution is 6.30. The van der Waals surface area contributed by atoms with E-state index >= 15 is 0 Å². The highest BCUT2D eigenvalue weighted by Gasteiger charge is 2.33. The predicted molar refractivity (Wildman–Crippen MR) is 95.9 cm³/mol. The highest BCUT2D eigenvalue weighted by Crippen LogP contribution is 2.28. The summed E-state index contributed by atoms with van der Waals surface area (Å²) in [5.41, 5.74) is -0.00354. The number of hydrogen-bond acceptors (Lipinski definition) is 2. The maximum Gasteiger partial charge on any atom is 0.419 e. The summed E-state index contributed by atoms with van der Waals surface area (Å²) >= 11 is 5.82. The van der Waals surface area contributed by atoms with Crippen LogP contribution in [0.15, 0.2) is 42.6 Å². The molecule has 3 rings (SSSR count). The molecule has 1 amide bonds. The SMILES string of the molecule is O=C(C[NH+]1CCN(c2ccc(C(F)(F)F)c[nH+]2)CC1)Nc1ccc(Cl)cc1. The van der Waals surface area contributed by atoms with Crippen LogP contribution in [0.4, 0.5) is 24.7 Å². The summed E-state index contributed by atoms with van der Waals surface area (Å²) in [6.45, 7) is 3.11. The minimum absolute atomic E-state index is 0.0816. The third-order valence-electron chi connectivity index (χ3n) is 4.47. The van der Waals surface area contributed by atoms with Crippen molar-refractivity contribution in [1.82, 2.24) is 0 Å². The van der Waals surface area contributed by atoms with E-state index < -0.39 is 11.7 Å². The molecule has 2 heterocycles. The Kier molecular flexibility index (Phi) is 5.86. The van der Waals surface area contributed by atoms with Gasteiger partial charge in [-0.05, 0) is 30.3 Å². The molecule has 9 heteroatoms. The van der Waals surface area contributed by atoms with Crippen LogP contribution in [0.5, 0.6) is 0 Å². The number of H-pyrrole nitrogens is 1. The predicted octanol–water partition coefficient (Wildman–Crippen LogP) is 1.52. The number of piperazine rings is 1. The zero-order valence-electron chi connectivity index (χ0n) is 14.4. The maximum absolute atomic E-state index is 12.6. The number of alkyl halides is 3. The number of hydrogen-bond donors (Lipinski definition) is 2. The number of benzene rings is 1. The zero-order valence-corrected chi connectivity index (χ0v) is 15.2. The van der Waals surface area contributed by atoms with Crippen molar-refractivity contribution < 1.29 is 27.8 Å². The minimum atomic E-state index is -4.35. The Labute approximate surface area is 159 Å². The molecule has 1 saturated heterocycles. The van der Waals surface area contributed by atoms with Gasteiger partial charge in [0, 0.05) is 16.8 Å². The van der Waals surface area contributed by atoms with Gasteiger partial charge in [0.25, 0.3) is 11.7 Å². The standard InChI is InChI=1S/C18H18ClF3N4O/c19-14-2-4-15(5-3-14)24-17(27)12-25-7-9-26(10-8-25)16-6-1-13(11-23-16)18(20,21)22/h1-6,11H,7-10,12H2,(H,24,27)/p+2. The minimum Gasteiger partial charge on any atom is -0.321 e. The van der Waals surface area contributed by atoms with E-state index in [4.69, 9.17) is 11.6 Å². The first kappa shape index (κ1) is 19.4. The number of aromatic amines is 1. The summed E-state index contributed by atoms with van der Waals surface area (Å²) in [6, 6.07) is 9.43. The Morgan fingerprint density at radius 3 is 2.37 bits per heavy atom. The molecule has 0 unspecified atom stereocenters. The van der Waals surface area contributed by atoms with Gasteiger partial charge in [0.2, 0.25) is 0 Å². The molecule has 0 bridgehead atoms. The number of carbonyl (C=O) groups excluding carboxylic acids is 1. The number of amides is 1. The average molecular weight is 401 g/mol. The summed E-state index contributed by atoms with van der Waals surface area (Å²) in [7, 11) is 0. The summed E-state index contributed by atoms with van der Waals surface area (Å²) in [4.78, 5) is 18.0. The fourth-order valence-corrected chi connectivity index (χ4v) is 3.12. The molecule has 0 radical (unpaired) electrons. The molecule has 5 nitrogen and oxygen atoms in total. The fourth-order valence-electron chi connectivity index (χ4n) is 3.00. The lowest BCUT2D eigenvalue weighted by Gasteiger charge is -2.28. The van der Waals surface area contributed by atoms with Gasteiger partial charge in [-0.3, -0.25) is 9.69 Å². The fraction of sp³-hybridized carbons (Fsp3) is 0.333. The molecule has 2 aromatic rings. The van der Waals surface area contributed by atoms with Gasteiger partial charge in [-0.1, -0.05) is 11.6 Å². The van der Waals surface area contributed by atoms with Crippen molar-refractivity contribution in [2.75, 3.05) is 42.9 Å². The van der Waals surface area contributed by atoms with E-state index in [1.54, 1.807) is 24.3 Å². The van der Waals surface area contributed by atoms with Crippen LogP contribution in [0, 0.1) is 0 Å². The number of rotatable bonds is 4. The van der Waals surface area contributed by atoms with Crippen molar-refractivity contribution in [1.29, 1.82) is 0 Å². The molecule has 1 aliphatic heterocycles. The quantitative estimate of drug-likeness (QED) is 0.817. The average Bonchev–Trinajstić information content (AvgIpc) is 2.64. The lowest BCUT2D eigenvalue weighted by molar-refractivity contribution is -0.892. The van der Waals surface area contributed by atoms with Crippen molar-refractivity contribution >= 4 is 29.0 Å². The summed E-state index contributed by atoms with van der Waals surface area (Å²) in [6.07, 6.45) is -3.37. The van der Waals surface area contributed by atoms with Crippen molar-refractivity contribution in [3.63, 3.8) is 0 Å². The van der Waals surface area contributed by atoms with E-state index in [1.165, 1.54) is 6.07 Å². The number of nitrogens with zero attached hydrogens (tertiary/aromatic N) is 1. The van der Waals surface area contributed by atoms with Gasteiger partial charge in [0.1, 0.15) is 32.4 Å². The lowest BCUT2D eigenvalue weighted by Crippen LogP contribution is -3.15. The largest absolute Gasteiger partial charge is 0.419 e. The van der Waals surface area contributed by atoms with Gasteiger partial charge < -0.3 is 10.2 Å². The Hall–Kier alpha value is -2.32. The summed E-state index contributed by atoms with van der Waals surface area (Å²) < 4.78 is 37.9. The molecular formula is C18H20ClF3N4O+2. The van der Waals surface area contributed by atoms with Gasteiger partial charge in [-0.15, -0.1) is 0 Å². The van der Waals surface area contributed by atoms with Crippen molar-refractivity contribution in [3.05, 3.63) is 53.2 Å². The number of nitrogens with one attached hydrogen (secondary N) is 3. The Balaban J connectivity index is 1.48. The van der Waals surface area contributed by atoms with Crippen molar-refractivity contribution in [3.8, 4) is 0 Å². The molecule has 27 heavy (non-hydrogen) atoms. The number of halogens is 4. The third kappa shape index (κ3) is 5.33. The van der Waals surface area contributed by atoms with E-state index in [-0.39, 0.29) is 5.91 Å². The van der Waals surface area contributed by atoms with Crippen LogP contribution in [0.25, 0.3) is 0 Å². The molecule has 1 aromatic carbocycles. The molecule has 0 spiro atoms. The van der Waals surface area contributed by atoms with Crippen LogP contribution in [-0.4, -0.2) is 38.6 Å². The van der Waals surface area contributed by atoms with E-state index in [1.807, 2.05) is 4.90 Å². The number of pyridine rings is 1. The van der Waals surface area contributed by atoms with Crippen molar-refractivity contribution in [2.24, 2.45) is 0 Å². The second kappa shape index (κ2) is 8.14. The van der Waals surface area contributed by atoms with Crippen LogP contribution in [-0.2, 0) is 11.0 Å². The number of aromatic nitrogens is 1. The Bertz CT molecular complexity index is 773. The topological polar surface area (TPSA) is 50.9 Å². The van der Waals surface area contributed by atoms with Crippen LogP contribution in [0.3, 0.4) is 0 Å². The van der Waals surface area contributed by atoms with Gasteiger partial charge >= 0.3 is 6.18 Å². The first-order valence-electron chi connectivity index (χ1n) is 8.54.